The molecule has 0 heterocycles. The highest BCUT2D eigenvalue weighted by Gasteiger charge is 2.26. The van der Waals surface area contributed by atoms with Gasteiger partial charge in [-0.1, -0.05) is 60.2 Å². The zero-order valence-corrected chi connectivity index (χ0v) is 16.6. The number of aldehydes is 1. The van der Waals surface area contributed by atoms with E-state index in [-0.39, 0.29) is 22.7 Å². The van der Waals surface area contributed by atoms with Crippen LogP contribution >= 0.6 is 0 Å². The number of rotatable bonds is 7. The molecule has 6 heteroatoms. The molecule has 0 bridgehead atoms. The van der Waals surface area contributed by atoms with E-state index in [4.69, 9.17) is 0 Å². The molecule has 0 fully saturated rings. The summed E-state index contributed by atoms with van der Waals surface area (Å²) >= 11 is 0. The van der Waals surface area contributed by atoms with Crippen LogP contribution < -0.4 is 4.31 Å². The lowest BCUT2D eigenvalue weighted by Gasteiger charge is -2.24. The van der Waals surface area contributed by atoms with E-state index in [1.807, 2.05) is 37.3 Å². The van der Waals surface area contributed by atoms with Gasteiger partial charge in [-0.05, 0) is 42.8 Å². The Hall–Kier alpha value is -3.25. The van der Waals surface area contributed by atoms with Crippen LogP contribution in [0.1, 0.15) is 21.5 Å². The van der Waals surface area contributed by atoms with E-state index in [0.717, 1.165) is 21.5 Å². The smallest absolute Gasteiger partial charge is 0.264 e. The Labute approximate surface area is 170 Å². The fourth-order valence-electron chi connectivity index (χ4n) is 2.81. The number of nitrogens with zero attached hydrogens (tertiary/aromatic N) is 1. The van der Waals surface area contributed by atoms with Gasteiger partial charge in [-0.25, -0.2) is 12.8 Å². The highest BCUT2D eigenvalue weighted by atomic mass is 32.2. The molecule has 29 heavy (non-hydrogen) atoms. The first-order valence-electron chi connectivity index (χ1n) is 8.97. The lowest BCUT2D eigenvalue weighted by atomic mass is 10.2. The van der Waals surface area contributed by atoms with Gasteiger partial charge in [0, 0.05) is 5.56 Å². The fourth-order valence-corrected chi connectivity index (χ4v) is 4.22. The third-order valence-corrected chi connectivity index (χ3v) is 6.16. The van der Waals surface area contributed by atoms with Gasteiger partial charge in [0.1, 0.15) is 12.1 Å². The van der Waals surface area contributed by atoms with Gasteiger partial charge < -0.3 is 0 Å². The van der Waals surface area contributed by atoms with Crippen LogP contribution in [0.15, 0.2) is 83.8 Å². The molecule has 0 aliphatic carbocycles. The number of halogens is 1. The minimum atomic E-state index is -4.05. The standard InChI is InChI=1S/C23H20FNO3S/c1-18-9-12-21(13-10-18)29(27,28)25(15-5-8-19-6-3-2-4-7-19)23-16-20(17-26)11-14-22(23)24/h2-14,16-17H,15H2,1H3/b8-5+. The van der Waals surface area contributed by atoms with Gasteiger partial charge in [-0.15, -0.1) is 0 Å². The molecule has 3 aromatic rings. The molecule has 0 aromatic heterocycles. The third-order valence-electron chi connectivity index (χ3n) is 4.37. The van der Waals surface area contributed by atoms with Crippen molar-refractivity contribution >= 4 is 28.1 Å². The molecule has 3 aromatic carbocycles. The van der Waals surface area contributed by atoms with Crippen molar-refractivity contribution in [3.8, 4) is 0 Å². The molecule has 3 rings (SSSR count). The zero-order valence-electron chi connectivity index (χ0n) is 15.8. The van der Waals surface area contributed by atoms with Crippen molar-refractivity contribution in [2.45, 2.75) is 11.8 Å². The van der Waals surface area contributed by atoms with E-state index < -0.39 is 15.8 Å². The van der Waals surface area contributed by atoms with E-state index >= 15 is 0 Å². The van der Waals surface area contributed by atoms with Crippen molar-refractivity contribution in [2.24, 2.45) is 0 Å². The normalized spacial score (nSPS) is 11.5. The maximum atomic E-state index is 14.6. The Morgan fingerprint density at radius 2 is 1.62 bits per heavy atom. The first-order valence-corrected chi connectivity index (χ1v) is 10.4. The predicted octanol–water partition coefficient (Wildman–Crippen LogP) is 4.86. The average Bonchev–Trinajstić information content (AvgIpc) is 2.73. The quantitative estimate of drug-likeness (QED) is 0.524. The molecule has 0 saturated carbocycles. The molecule has 0 radical (unpaired) electrons. The Kier molecular flexibility index (Phi) is 6.24. The highest BCUT2D eigenvalue weighted by molar-refractivity contribution is 7.92. The minimum Gasteiger partial charge on any atom is -0.298 e. The molecular weight excluding hydrogens is 389 g/mol. The van der Waals surface area contributed by atoms with E-state index in [0.29, 0.717) is 6.29 Å². The molecule has 0 amide bonds. The molecule has 148 valence electrons. The predicted molar refractivity (Wildman–Crippen MR) is 113 cm³/mol. The maximum absolute atomic E-state index is 14.6. The van der Waals surface area contributed by atoms with Gasteiger partial charge in [-0.3, -0.25) is 9.10 Å². The SMILES string of the molecule is Cc1ccc(S(=O)(=O)N(C/C=C/c2ccccc2)c2cc(C=O)ccc2F)cc1. The summed E-state index contributed by atoms with van der Waals surface area (Å²) in [4.78, 5) is 11.2. The van der Waals surface area contributed by atoms with Crippen LogP contribution in [-0.2, 0) is 10.0 Å². The second-order valence-corrected chi connectivity index (χ2v) is 8.35. The van der Waals surface area contributed by atoms with Crippen molar-refractivity contribution in [1.82, 2.24) is 0 Å². The molecule has 0 spiro atoms. The largest absolute Gasteiger partial charge is 0.298 e. The summed E-state index contributed by atoms with van der Waals surface area (Å²) < 4.78 is 42.1. The van der Waals surface area contributed by atoms with E-state index in [9.17, 15) is 17.6 Å². The number of hydrogen-bond donors (Lipinski definition) is 0. The molecule has 0 unspecified atom stereocenters. The zero-order chi connectivity index (χ0) is 20.9. The summed E-state index contributed by atoms with van der Waals surface area (Å²) in [7, 11) is -4.05. The summed E-state index contributed by atoms with van der Waals surface area (Å²) in [5.74, 6) is -0.723. The summed E-state index contributed by atoms with van der Waals surface area (Å²) in [6.07, 6.45) is 3.96. The van der Waals surface area contributed by atoms with Gasteiger partial charge in [0.15, 0.2) is 0 Å². The topological polar surface area (TPSA) is 54.5 Å². The summed E-state index contributed by atoms with van der Waals surface area (Å²) in [6, 6.07) is 19.4. The Morgan fingerprint density at radius 1 is 0.931 bits per heavy atom. The van der Waals surface area contributed by atoms with Gasteiger partial charge >= 0.3 is 0 Å². The Bertz CT molecular complexity index is 1120. The van der Waals surface area contributed by atoms with Gasteiger partial charge in [0.05, 0.1) is 17.1 Å². The van der Waals surface area contributed by atoms with Crippen LogP contribution in [-0.4, -0.2) is 21.2 Å². The summed E-state index contributed by atoms with van der Waals surface area (Å²) in [5.41, 5.74) is 1.82. The van der Waals surface area contributed by atoms with Crippen LogP contribution in [0.5, 0.6) is 0 Å². The van der Waals surface area contributed by atoms with Crippen LogP contribution in [0.3, 0.4) is 0 Å². The Morgan fingerprint density at radius 3 is 2.28 bits per heavy atom. The molecule has 0 aliphatic rings. The molecular formula is C23H20FNO3S. The number of sulfonamides is 1. The lowest BCUT2D eigenvalue weighted by molar-refractivity contribution is 0.112. The van der Waals surface area contributed by atoms with Crippen molar-refractivity contribution < 1.29 is 17.6 Å². The molecule has 0 saturated heterocycles. The number of hydrogen-bond acceptors (Lipinski definition) is 3. The fraction of sp³-hybridized carbons (Fsp3) is 0.0870. The lowest BCUT2D eigenvalue weighted by Crippen LogP contribution is -2.32. The maximum Gasteiger partial charge on any atom is 0.264 e. The average molecular weight is 409 g/mol. The van der Waals surface area contributed by atoms with Crippen LogP contribution in [0.25, 0.3) is 6.08 Å². The summed E-state index contributed by atoms with van der Waals surface area (Å²) in [6.45, 7) is 1.76. The van der Waals surface area contributed by atoms with Crippen molar-refractivity contribution in [2.75, 3.05) is 10.8 Å². The van der Waals surface area contributed by atoms with E-state index in [1.54, 1.807) is 24.3 Å². The van der Waals surface area contributed by atoms with Crippen molar-refractivity contribution in [3.05, 3.63) is 101 Å². The van der Waals surface area contributed by atoms with E-state index in [2.05, 4.69) is 0 Å². The first-order chi connectivity index (χ1) is 13.9. The number of carbonyl (C=O) groups excluding carboxylic acids is 1. The highest BCUT2D eigenvalue weighted by Crippen LogP contribution is 2.27. The van der Waals surface area contributed by atoms with Crippen LogP contribution in [0.4, 0.5) is 10.1 Å². The van der Waals surface area contributed by atoms with Gasteiger partial charge in [0.25, 0.3) is 10.0 Å². The first kappa shape index (κ1) is 20.5. The monoisotopic (exact) mass is 409 g/mol. The second-order valence-electron chi connectivity index (χ2n) is 6.49. The van der Waals surface area contributed by atoms with Gasteiger partial charge in [-0.2, -0.15) is 0 Å². The number of aryl methyl sites for hydroxylation is 1. The Balaban J connectivity index is 2.05. The number of anilines is 1. The molecule has 0 N–H and O–H groups in total. The molecule has 4 nitrogen and oxygen atoms in total. The third kappa shape index (κ3) is 4.78. The van der Waals surface area contributed by atoms with Crippen molar-refractivity contribution in [3.63, 3.8) is 0 Å². The molecule has 0 aliphatic heterocycles. The minimum absolute atomic E-state index is 0.0483. The second kappa shape index (κ2) is 8.84. The number of benzene rings is 3. The van der Waals surface area contributed by atoms with E-state index in [1.165, 1.54) is 24.3 Å². The van der Waals surface area contributed by atoms with Gasteiger partial charge in [0.2, 0.25) is 0 Å². The molecule has 0 atom stereocenters. The van der Waals surface area contributed by atoms with Crippen LogP contribution in [0, 0.1) is 12.7 Å². The summed E-state index contributed by atoms with van der Waals surface area (Å²) in [5, 5.41) is 0. The van der Waals surface area contributed by atoms with Crippen LogP contribution in [0.2, 0.25) is 0 Å². The number of carbonyl (C=O) groups is 1. The van der Waals surface area contributed by atoms with Crippen molar-refractivity contribution in [1.29, 1.82) is 0 Å².